The molecule has 0 bridgehead atoms. The Morgan fingerprint density at radius 2 is 1.86 bits per heavy atom. The van der Waals surface area contributed by atoms with Crippen molar-refractivity contribution in [2.45, 2.75) is 37.4 Å². The molecule has 2 aliphatic heterocycles. The molecule has 37 heavy (non-hydrogen) atoms. The molecule has 0 spiro atoms. The van der Waals surface area contributed by atoms with Gasteiger partial charge in [-0.1, -0.05) is 35.9 Å². The van der Waals surface area contributed by atoms with Crippen molar-refractivity contribution in [1.82, 2.24) is 14.6 Å². The van der Waals surface area contributed by atoms with Crippen molar-refractivity contribution in [1.29, 1.82) is 0 Å². The van der Waals surface area contributed by atoms with Gasteiger partial charge in [0, 0.05) is 19.2 Å². The molecular formula is C21H25ClN4O9P2. The van der Waals surface area contributed by atoms with E-state index in [1.807, 2.05) is 12.1 Å². The second kappa shape index (κ2) is 10.0. The third-order valence-corrected chi connectivity index (χ3v) is 10.0. The van der Waals surface area contributed by atoms with Gasteiger partial charge >= 0.3 is 15.2 Å². The van der Waals surface area contributed by atoms with Crippen LogP contribution >= 0.6 is 26.8 Å². The molecule has 1 unspecified atom stereocenters. The normalized spacial score (nSPS) is 25.8. The van der Waals surface area contributed by atoms with Crippen LogP contribution in [0.25, 0.3) is 5.52 Å². The Hall–Kier alpha value is -1.89. The summed E-state index contributed by atoms with van der Waals surface area (Å²) in [6, 6.07) is 9.90. The van der Waals surface area contributed by atoms with Crippen molar-refractivity contribution in [3.05, 3.63) is 58.6 Å². The van der Waals surface area contributed by atoms with Gasteiger partial charge in [-0.05, 0) is 17.5 Å². The van der Waals surface area contributed by atoms with Crippen LogP contribution in [0.1, 0.15) is 23.1 Å². The van der Waals surface area contributed by atoms with Gasteiger partial charge in [-0.25, -0.2) is 9.50 Å². The van der Waals surface area contributed by atoms with Gasteiger partial charge in [0.1, 0.15) is 29.9 Å². The molecule has 1 saturated heterocycles. The summed E-state index contributed by atoms with van der Waals surface area (Å²) < 4.78 is 34.9. The highest BCUT2D eigenvalue weighted by atomic mass is 35.5. The van der Waals surface area contributed by atoms with Crippen molar-refractivity contribution in [2.75, 3.05) is 24.0 Å². The van der Waals surface area contributed by atoms with E-state index in [0.29, 0.717) is 12.1 Å². The molecule has 1 aromatic carbocycles. The van der Waals surface area contributed by atoms with Crippen LogP contribution in [0.15, 0.2) is 36.5 Å². The molecule has 13 nitrogen and oxygen atoms in total. The Kier molecular flexibility index (Phi) is 7.23. The maximum absolute atomic E-state index is 12.0. The van der Waals surface area contributed by atoms with E-state index < -0.39 is 52.1 Å². The van der Waals surface area contributed by atoms with Crippen molar-refractivity contribution < 1.29 is 43.3 Å². The predicted molar refractivity (Wildman–Crippen MR) is 132 cm³/mol. The number of imidazole rings is 1. The number of aliphatic hydroxyl groups excluding tert-OH is 2. The molecule has 0 saturated carbocycles. The van der Waals surface area contributed by atoms with Gasteiger partial charge < -0.3 is 39.1 Å². The lowest BCUT2D eigenvalue weighted by Gasteiger charge is -2.31. The van der Waals surface area contributed by atoms with E-state index in [2.05, 4.69) is 27.1 Å². The Balaban J connectivity index is 1.38. The van der Waals surface area contributed by atoms with E-state index in [1.54, 1.807) is 12.3 Å². The molecule has 200 valence electrons. The van der Waals surface area contributed by atoms with Gasteiger partial charge in [-0.15, -0.1) is 0 Å². The molecule has 1 fully saturated rings. The summed E-state index contributed by atoms with van der Waals surface area (Å²) in [5.41, 5.74) is 3.85. The van der Waals surface area contributed by atoms with Gasteiger partial charge in [-0.2, -0.15) is 5.10 Å². The number of hydrogen-bond donors (Lipinski definition) is 5. The highest BCUT2D eigenvalue weighted by Crippen LogP contribution is 2.55. The zero-order valence-corrected chi connectivity index (χ0v) is 21.8. The van der Waals surface area contributed by atoms with E-state index in [-0.39, 0.29) is 11.0 Å². The smallest absolute Gasteiger partial charge is 0.340 e. The molecule has 16 heteroatoms. The Morgan fingerprint density at radius 1 is 1.14 bits per heavy atom. The standard InChI is InChI=1S/C21H25ClN4O9P2/c22-17-7-14(25-6-5-12-3-1-2-4-13(12)9-25)15-8-23-21(26(15)24-17)20-19(28)18(27)16(35-20)10-34-37(32,33)11-36(29,30)31/h1-4,7-8,16,18-20,27-28H,5-6,9-11H2,(H,32,33)(H2,29,30,31)/t16-,18-,19-,20-/m1/s1. The quantitative estimate of drug-likeness (QED) is 0.256. The van der Waals surface area contributed by atoms with Crippen LogP contribution in [0, 0.1) is 0 Å². The summed E-state index contributed by atoms with van der Waals surface area (Å²) in [5.74, 6) is -1.24. The van der Waals surface area contributed by atoms with Gasteiger partial charge in [-0.3, -0.25) is 9.13 Å². The molecule has 0 aliphatic carbocycles. The number of rotatable bonds is 7. The first-order chi connectivity index (χ1) is 17.4. The lowest BCUT2D eigenvalue weighted by Crippen LogP contribution is -2.33. The van der Waals surface area contributed by atoms with Crippen LogP contribution < -0.4 is 4.90 Å². The summed E-state index contributed by atoms with van der Waals surface area (Å²) in [7, 11) is -9.50. The van der Waals surface area contributed by atoms with Gasteiger partial charge in [0.2, 0.25) is 0 Å². The molecule has 5 N–H and O–H groups in total. The van der Waals surface area contributed by atoms with Crippen molar-refractivity contribution in [3.63, 3.8) is 0 Å². The van der Waals surface area contributed by atoms with Crippen molar-refractivity contribution >= 4 is 38.0 Å². The zero-order valence-electron chi connectivity index (χ0n) is 19.2. The minimum absolute atomic E-state index is 0.146. The monoisotopic (exact) mass is 574 g/mol. The molecular weight excluding hydrogens is 550 g/mol. The minimum Gasteiger partial charge on any atom is -0.387 e. The fourth-order valence-electron chi connectivity index (χ4n) is 4.66. The Morgan fingerprint density at radius 3 is 2.59 bits per heavy atom. The molecule has 5 atom stereocenters. The second-order valence-corrected chi connectivity index (χ2v) is 13.4. The first-order valence-corrected chi connectivity index (χ1v) is 15.2. The summed E-state index contributed by atoms with van der Waals surface area (Å²) in [6.45, 7) is 0.700. The molecule has 3 aromatic rings. The van der Waals surface area contributed by atoms with Crippen LogP contribution in [0.3, 0.4) is 0 Å². The van der Waals surface area contributed by atoms with Crippen LogP contribution in [0.5, 0.6) is 0 Å². The van der Waals surface area contributed by atoms with Crippen molar-refractivity contribution in [2.24, 2.45) is 0 Å². The number of benzene rings is 1. The minimum atomic E-state index is -4.82. The van der Waals surface area contributed by atoms with E-state index in [9.17, 15) is 24.2 Å². The summed E-state index contributed by atoms with van der Waals surface area (Å²) >= 11 is 6.34. The molecule has 2 aromatic heterocycles. The number of aliphatic hydroxyl groups is 2. The van der Waals surface area contributed by atoms with E-state index in [0.717, 1.165) is 18.7 Å². The van der Waals surface area contributed by atoms with E-state index in [1.165, 1.54) is 15.6 Å². The number of anilines is 1. The molecule has 5 rings (SSSR count). The van der Waals surface area contributed by atoms with E-state index >= 15 is 0 Å². The number of fused-ring (bicyclic) bond motifs is 2. The van der Waals surface area contributed by atoms with Crippen LogP contribution in [-0.2, 0) is 31.4 Å². The lowest BCUT2D eigenvalue weighted by atomic mass is 9.99. The number of halogens is 1. The lowest BCUT2D eigenvalue weighted by molar-refractivity contribution is -0.0217. The van der Waals surface area contributed by atoms with Gasteiger partial charge in [0.05, 0.1) is 18.5 Å². The molecule has 2 aliphatic rings. The fourth-order valence-corrected chi connectivity index (χ4v) is 7.41. The summed E-state index contributed by atoms with van der Waals surface area (Å²) in [6.07, 6.45) is -3.09. The van der Waals surface area contributed by atoms with Gasteiger partial charge in [0.15, 0.2) is 16.9 Å². The largest absolute Gasteiger partial charge is 0.387 e. The Labute approximate surface area is 215 Å². The summed E-state index contributed by atoms with van der Waals surface area (Å²) in [4.78, 5) is 34.1. The van der Waals surface area contributed by atoms with Crippen LogP contribution in [-0.4, -0.2) is 76.9 Å². The SMILES string of the molecule is O=P(O)(O)CP(=O)(O)OC[C@H]1O[C@@H](c2ncc3c(N4CCc5ccccc5C4)cc(Cl)nn23)[C@H](O)[C@@H]1O. The highest BCUT2D eigenvalue weighted by Gasteiger charge is 2.46. The third kappa shape index (κ3) is 5.62. The average Bonchev–Trinajstić information content (AvgIpc) is 3.36. The Bertz CT molecular complexity index is 1420. The highest BCUT2D eigenvalue weighted by molar-refractivity contribution is 7.70. The molecule has 4 heterocycles. The maximum Gasteiger partial charge on any atom is 0.340 e. The van der Waals surface area contributed by atoms with Crippen molar-refractivity contribution in [3.8, 4) is 0 Å². The number of hydrogen-bond acceptors (Lipinski definition) is 9. The summed E-state index contributed by atoms with van der Waals surface area (Å²) in [5, 5.41) is 25.6. The fraction of sp³-hybridized carbons (Fsp3) is 0.429. The maximum atomic E-state index is 12.0. The molecule has 0 radical (unpaired) electrons. The number of ether oxygens (including phenoxy) is 1. The first kappa shape index (κ1) is 26.7. The zero-order chi connectivity index (χ0) is 26.5. The average molecular weight is 575 g/mol. The number of aromatic nitrogens is 3. The third-order valence-electron chi connectivity index (χ3n) is 6.37. The number of nitrogens with zero attached hydrogens (tertiary/aromatic N) is 4. The second-order valence-electron chi connectivity index (χ2n) is 9.02. The topological polar surface area (TPSA) is 187 Å². The predicted octanol–water partition coefficient (Wildman–Crippen LogP) is 1.44. The van der Waals surface area contributed by atoms with Gasteiger partial charge in [0.25, 0.3) is 0 Å². The first-order valence-electron chi connectivity index (χ1n) is 11.3. The van der Waals surface area contributed by atoms with Crippen LogP contribution in [0.2, 0.25) is 5.15 Å². The van der Waals surface area contributed by atoms with Crippen LogP contribution in [0.4, 0.5) is 5.69 Å². The molecule has 0 amide bonds. The van der Waals surface area contributed by atoms with E-state index in [4.69, 9.17) is 30.6 Å².